The zero-order valence-electron chi connectivity index (χ0n) is 12.6. The van der Waals surface area contributed by atoms with Crippen molar-refractivity contribution in [3.8, 4) is 0 Å². The minimum atomic E-state index is -1.64. The highest BCUT2D eigenvalue weighted by Gasteiger charge is 2.74. The van der Waals surface area contributed by atoms with Crippen LogP contribution in [0.15, 0.2) is 18.5 Å². The zero-order chi connectivity index (χ0) is 17.5. The lowest BCUT2D eigenvalue weighted by Gasteiger charge is -2.33. The molecular weight excluding hydrogens is 358 g/mol. The van der Waals surface area contributed by atoms with Crippen LogP contribution in [0.5, 0.6) is 0 Å². The first-order chi connectivity index (χ1) is 12.0. The van der Waals surface area contributed by atoms with E-state index in [1.54, 1.807) is 0 Å². The summed E-state index contributed by atoms with van der Waals surface area (Å²) in [6, 6.07) is 0. The highest BCUT2D eigenvalue weighted by molar-refractivity contribution is 6.31. The number of nitrogens with zero attached hydrogens (tertiary/aromatic N) is 3. The Morgan fingerprint density at radius 2 is 1.56 bits per heavy atom. The average Bonchev–Trinajstić information content (AvgIpc) is 3.04. The van der Waals surface area contributed by atoms with E-state index in [9.17, 15) is 17.6 Å². The maximum absolute atomic E-state index is 14.5. The van der Waals surface area contributed by atoms with E-state index >= 15 is 0 Å². The van der Waals surface area contributed by atoms with Crippen molar-refractivity contribution in [1.82, 2.24) is 15.0 Å². The Labute approximate surface area is 144 Å². The monoisotopic (exact) mass is 367 g/mol. The smallest absolute Gasteiger partial charge is 0.252 e. The lowest BCUT2D eigenvalue weighted by molar-refractivity contribution is 0.373. The van der Waals surface area contributed by atoms with Crippen molar-refractivity contribution in [3.05, 3.63) is 58.4 Å². The Hall–Kier alpha value is -2.02. The molecule has 6 rings (SSSR count). The van der Waals surface area contributed by atoms with E-state index < -0.39 is 34.5 Å². The Bertz CT molecular complexity index is 923. The first-order valence-corrected chi connectivity index (χ1v) is 8.23. The van der Waals surface area contributed by atoms with Crippen molar-refractivity contribution in [3.63, 3.8) is 0 Å². The molecule has 25 heavy (non-hydrogen) atoms. The van der Waals surface area contributed by atoms with Crippen molar-refractivity contribution in [2.24, 2.45) is 17.8 Å². The third kappa shape index (κ3) is 1.74. The third-order valence-electron chi connectivity index (χ3n) is 5.83. The molecule has 4 aliphatic rings. The van der Waals surface area contributed by atoms with Gasteiger partial charge < -0.3 is 0 Å². The summed E-state index contributed by atoms with van der Waals surface area (Å²) in [4.78, 5) is 10.8. The summed E-state index contributed by atoms with van der Waals surface area (Å²) in [5.41, 5.74) is -0.949. The van der Waals surface area contributed by atoms with E-state index in [4.69, 9.17) is 11.6 Å². The molecule has 2 aromatic heterocycles. The minimum Gasteiger partial charge on any atom is -0.252 e. The van der Waals surface area contributed by atoms with Crippen LogP contribution >= 0.6 is 11.6 Å². The number of hydrogen-bond donors (Lipinski definition) is 0. The van der Waals surface area contributed by atoms with E-state index in [1.165, 1.54) is 12.4 Å². The SMILES string of the molecule is Fc1nc(F)c(F)c(C23C(c4nccnc4Cl)=CC4CC2C3C4)c1F. The van der Waals surface area contributed by atoms with Gasteiger partial charge in [-0.1, -0.05) is 17.7 Å². The first kappa shape index (κ1) is 15.3. The van der Waals surface area contributed by atoms with Crippen LogP contribution in [0.25, 0.3) is 5.57 Å². The van der Waals surface area contributed by atoms with Crippen LogP contribution in [0, 0.1) is 41.3 Å². The van der Waals surface area contributed by atoms with Gasteiger partial charge >= 0.3 is 0 Å². The summed E-state index contributed by atoms with van der Waals surface area (Å²) >= 11 is 6.13. The van der Waals surface area contributed by atoms with Crippen molar-refractivity contribution >= 4 is 17.2 Å². The molecule has 0 spiro atoms. The molecule has 2 aromatic rings. The quantitative estimate of drug-likeness (QED) is 0.593. The molecule has 4 aliphatic carbocycles. The van der Waals surface area contributed by atoms with E-state index in [0.717, 1.165) is 12.8 Å². The summed E-state index contributed by atoms with van der Waals surface area (Å²) in [5.74, 6) is -6.12. The molecule has 8 heteroatoms. The van der Waals surface area contributed by atoms with Crippen LogP contribution in [0.2, 0.25) is 5.15 Å². The normalized spacial score (nSPS) is 31.9. The Morgan fingerprint density at radius 1 is 0.960 bits per heavy atom. The van der Waals surface area contributed by atoms with E-state index in [0.29, 0.717) is 11.3 Å². The van der Waals surface area contributed by atoms with Gasteiger partial charge in [0.25, 0.3) is 11.9 Å². The largest absolute Gasteiger partial charge is 0.252 e. The average molecular weight is 368 g/mol. The van der Waals surface area contributed by atoms with Gasteiger partial charge in [0.05, 0.1) is 0 Å². The third-order valence-corrected chi connectivity index (χ3v) is 6.10. The van der Waals surface area contributed by atoms with E-state index in [2.05, 4.69) is 15.0 Å². The van der Waals surface area contributed by atoms with Crippen LogP contribution < -0.4 is 0 Å². The molecule has 2 unspecified atom stereocenters. The molecular formula is C17H10ClF4N3. The molecule has 0 amide bonds. The Balaban J connectivity index is 1.80. The molecule has 3 nitrogen and oxygen atoms in total. The molecule has 4 bridgehead atoms. The van der Waals surface area contributed by atoms with E-state index in [1.807, 2.05) is 6.08 Å². The predicted octanol–water partition coefficient (Wildman–Crippen LogP) is 4.07. The standard InChI is InChI=1S/C17H10ClF4N3/c18-14-13(23-1-2-24-14)9-5-6-3-7-8(4-6)17(7,9)10-11(19)15(21)25-16(22)12(10)20/h1-2,5-8H,3-4H2. The molecule has 0 aliphatic heterocycles. The van der Waals surface area contributed by atoms with Crippen LogP contribution in [-0.2, 0) is 5.41 Å². The second kappa shape index (κ2) is 4.78. The molecule has 0 N–H and O–H groups in total. The van der Waals surface area contributed by atoms with Gasteiger partial charge in [0.2, 0.25) is 0 Å². The van der Waals surface area contributed by atoms with Gasteiger partial charge in [0, 0.05) is 23.4 Å². The van der Waals surface area contributed by atoms with Gasteiger partial charge in [-0.05, 0) is 36.2 Å². The molecule has 0 aromatic carbocycles. The van der Waals surface area contributed by atoms with Gasteiger partial charge in [0.15, 0.2) is 16.8 Å². The summed E-state index contributed by atoms with van der Waals surface area (Å²) in [7, 11) is 0. The first-order valence-electron chi connectivity index (χ1n) is 7.85. The van der Waals surface area contributed by atoms with Crippen molar-refractivity contribution in [2.45, 2.75) is 18.3 Å². The highest BCUT2D eigenvalue weighted by atomic mass is 35.5. The molecule has 0 radical (unpaired) electrons. The summed E-state index contributed by atoms with van der Waals surface area (Å²) in [6.07, 6.45) is 6.13. The maximum Gasteiger partial charge on any atom is 0.252 e. The lowest BCUT2D eigenvalue weighted by Crippen LogP contribution is -2.29. The fourth-order valence-electron chi connectivity index (χ4n) is 5.03. The van der Waals surface area contributed by atoms with Crippen LogP contribution in [-0.4, -0.2) is 15.0 Å². The summed E-state index contributed by atoms with van der Waals surface area (Å²) < 4.78 is 56.6. The predicted molar refractivity (Wildman–Crippen MR) is 80.5 cm³/mol. The van der Waals surface area contributed by atoms with Gasteiger partial charge in [-0.15, -0.1) is 0 Å². The molecule has 0 saturated heterocycles. The maximum atomic E-state index is 14.5. The molecule has 2 atom stereocenters. The summed E-state index contributed by atoms with van der Waals surface area (Å²) in [6.45, 7) is 0. The fourth-order valence-corrected chi connectivity index (χ4v) is 5.24. The molecule has 128 valence electrons. The number of pyridine rings is 1. The number of hydrogen-bond acceptors (Lipinski definition) is 3. The topological polar surface area (TPSA) is 38.7 Å². The second-order valence-corrected chi connectivity index (χ2v) is 7.14. The minimum absolute atomic E-state index is 0.0934. The Morgan fingerprint density at radius 3 is 2.16 bits per heavy atom. The number of halogens is 5. The van der Waals surface area contributed by atoms with Gasteiger partial charge in [-0.3, -0.25) is 4.98 Å². The second-order valence-electron chi connectivity index (χ2n) is 6.79. The van der Waals surface area contributed by atoms with Gasteiger partial charge in [-0.25, -0.2) is 13.8 Å². The number of rotatable bonds is 2. The highest BCUT2D eigenvalue weighted by Crippen LogP contribution is 2.78. The fraction of sp³-hybridized carbons (Fsp3) is 0.353. The summed E-state index contributed by atoms with van der Waals surface area (Å²) in [5, 5.41) is 0.0934. The van der Waals surface area contributed by atoms with Gasteiger partial charge in [-0.2, -0.15) is 13.8 Å². The van der Waals surface area contributed by atoms with Crippen molar-refractivity contribution in [2.75, 3.05) is 0 Å². The van der Waals surface area contributed by atoms with Gasteiger partial charge in [0.1, 0.15) is 5.69 Å². The molecule has 2 heterocycles. The van der Waals surface area contributed by atoms with Crippen molar-refractivity contribution < 1.29 is 17.6 Å². The van der Waals surface area contributed by atoms with E-state index in [-0.39, 0.29) is 22.9 Å². The number of aromatic nitrogens is 3. The van der Waals surface area contributed by atoms with Crippen LogP contribution in [0.4, 0.5) is 17.6 Å². The lowest BCUT2D eigenvalue weighted by atomic mass is 9.71. The van der Waals surface area contributed by atoms with Crippen LogP contribution in [0.1, 0.15) is 24.1 Å². The van der Waals surface area contributed by atoms with Crippen LogP contribution in [0.3, 0.4) is 0 Å². The number of allylic oxidation sites excluding steroid dienone is 2. The molecule has 2 saturated carbocycles. The molecule has 2 fully saturated rings. The zero-order valence-corrected chi connectivity index (χ0v) is 13.4. The van der Waals surface area contributed by atoms with Crippen molar-refractivity contribution in [1.29, 1.82) is 0 Å². The Kier molecular flexibility index (Phi) is 2.92.